The lowest BCUT2D eigenvalue weighted by atomic mass is 9.86. The van der Waals surface area contributed by atoms with E-state index >= 15 is 0 Å². The minimum atomic E-state index is 0.279. The first-order valence-corrected chi connectivity index (χ1v) is 18.1. The zero-order chi connectivity index (χ0) is 34.6. The fourth-order valence-corrected chi connectivity index (χ4v) is 7.89. The van der Waals surface area contributed by atoms with Crippen LogP contribution in [-0.4, -0.2) is 15.0 Å². The third-order valence-electron chi connectivity index (χ3n) is 10.6. The fourth-order valence-electron chi connectivity index (χ4n) is 7.89. The monoisotopic (exact) mass is 669 g/mol. The van der Waals surface area contributed by atoms with E-state index in [1.807, 2.05) is 18.2 Å². The highest BCUT2D eigenvalue weighted by atomic mass is 16.3. The van der Waals surface area contributed by atoms with E-state index in [-0.39, 0.29) is 5.92 Å². The molecule has 2 aromatic heterocycles. The van der Waals surface area contributed by atoms with Gasteiger partial charge in [-0.25, -0.2) is 15.0 Å². The Balaban J connectivity index is 1.18. The highest BCUT2D eigenvalue weighted by Crippen LogP contribution is 2.45. The number of allylic oxidation sites excluding steroid dienone is 2. The molecule has 0 spiro atoms. The highest BCUT2D eigenvalue weighted by molar-refractivity contribution is 6.06. The first-order valence-electron chi connectivity index (χ1n) is 18.1. The summed E-state index contributed by atoms with van der Waals surface area (Å²) in [5.74, 6) is 3.23. The topological polar surface area (TPSA) is 51.8 Å². The summed E-state index contributed by atoms with van der Waals surface area (Å²) < 4.78 is 6.90. The second kappa shape index (κ2) is 12.4. The van der Waals surface area contributed by atoms with Crippen LogP contribution in [0.5, 0.6) is 0 Å². The van der Waals surface area contributed by atoms with Crippen LogP contribution in [0, 0.1) is 0 Å². The molecule has 0 amide bonds. The maximum Gasteiger partial charge on any atom is 0.164 e. The van der Waals surface area contributed by atoms with Gasteiger partial charge in [0.15, 0.2) is 17.5 Å². The maximum atomic E-state index is 6.90. The van der Waals surface area contributed by atoms with Crippen molar-refractivity contribution in [1.29, 1.82) is 0 Å². The molecule has 4 nitrogen and oxygen atoms in total. The summed E-state index contributed by atoms with van der Waals surface area (Å²) in [6, 6.07) is 46.9. The van der Waals surface area contributed by atoms with Crippen LogP contribution in [0.15, 0.2) is 144 Å². The molecule has 1 atom stereocenters. The summed E-state index contributed by atoms with van der Waals surface area (Å²) >= 11 is 0. The van der Waals surface area contributed by atoms with E-state index in [0.29, 0.717) is 17.5 Å². The zero-order valence-electron chi connectivity index (χ0n) is 28.9. The lowest BCUT2D eigenvalue weighted by molar-refractivity contribution is 0.503. The molecule has 2 aliphatic rings. The number of aromatic nitrogens is 3. The smallest absolute Gasteiger partial charge is 0.164 e. The van der Waals surface area contributed by atoms with Gasteiger partial charge >= 0.3 is 0 Å². The van der Waals surface area contributed by atoms with Gasteiger partial charge in [0, 0.05) is 39.1 Å². The van der Waals surface area contributed by atoms with Gasteiger partial charge in [-0.15, -0.1) is 0 Å². The molecule has 52 heavy (non-hydrogen) atoms. The third kappa shape index (κ3) is 5.27. The molecule has 6 aromatic carbocycles. The van der Waals surface area contributed by atoms with Crippen LogP contribution in [0.2, 0.25) is 0 Å². The van der Waals surface area contributed by atoms with E-state index in [9.17, 15) is 0 Å². The molecule has 0 N–H and O–H groups in total. The molecule has 8 aromatic rings. The molecule has 1 unspecified atom stereocenters. The van der Waals surface area contributed by atoms with Crippen molar-refractivity contribution in [3.8, 4) is 45.3 Å². The van der Waals surface area contributed by atoms with Crippen molar-refractivity contribution in [1.82, 2.24) is 15.0 Å². The van der Waals surface area contributed by atoms with Crippen molar-refractivity contribution in [3.63, 3.8) is 0 Å². The molecule has 0 saturated heterocycles. The third-order valence-corrected chi connectivity index (χ3v) is 10.6. The SMILES string of the molecule is CC1CC=Cc2c1oc1c(C3=Cc4ccccc4CC3)ccc(-c3nc(-c4ccccc4)nc(-c4ccc5ccc(-c6ccccc6)cc5c4)n3)c21. The molecule has 0 aliphatic heterocycles. The van der Waals surface area contributed by atoms with Crippen LogP contribution < -0.4 is 0 Å². The average Bonchev–Trinajstić information content (AvgIpc) is 3.61. The standard InChI is InChI=1S/C48H35N3O/c1-30-11-10-18-41-43-42(26-25-40(45(43)52-44(30)41)37-23-20-32-14-8-9-17-35(32)27-37)48-50-46(34-15-6-3-7-16-34)49-47(51-48)38-24-21-33-19-22-36(28-39(33)29-38)31-12-4-2-5-13-31/h2-10,12-19,21-22,24-30H,11,20,23H2,1H3. The average molecular weight is 670 g/mol. The predicted molar refractivity (Wildman–Crippen MR) is 214 cm³/mol. The van der Waals surface area contributed by atoms with Crippen molar-refractivity contribution < 1.29 is 4.42 Å². The van der Waals surface area contributed by atoms with Crippen LogP contribution in [-0.2, 0) is 6.42 Å². The fraction of sp³-hybridized carbons (Fsp3) is 0.104. The highest BCUT2D eigenvalue weighted by Gasteiger charge is 2.27. The first-order chi connectivity index (χ1) is 25.7. The summed E-state index contributed by atoms with van der Waals surface area (Å²) in [6.45, 7) is 2.25. The van der Waals surface area contributed by atoms with Crippen LogP contribution in [0.1, 0.15) is 53.7 Å². The number of aryl methyl sites for hydroxylation is 1. The molecular weight excluding hydrogens is 635 g/mol. The van der Waals surface area contributed by atoms with Gasteiger partial charge in [0.1, 0.15) is 11.3 Å². The molecule has 0 bridgehead atoms. The molecule has 248 valence electrons. The summed E-state index contributed by atoms with van der Waals surface area (Å²) in [4.78, 5) is 15.5. The van der Waals surface area contributed by atoms with Crippen LogP contribution in [0.4, 0.5) is 0 Å². The molecule has 4 heteroatoms. The second-order valence-corrected chi connectivity index (χ2v) is 14.0. The lowest BCUT2D eigenvalue weighted by Gasteiger charge is -2.17. The van der Waals surface area contributed by atoms with Crippen molar-refractivity contribution in [2.45, 2.75) is 32.1 Å². The Hall–Kier alpha value is -6.39. The molecule has 2 heterocycles. The van der Waals surface area contributed by atoms with E-state index in [0.717, 1.165) is 69.2 Å². The number of nitrogens with zero attached hydrogens (tertiary/aromatic N) is 3. The van der Waals surface area contributed by atoms with Crippen molar-refractivity contribution in [2.24, 2.45) is 0 Å². The van der Waals surface area contributed by atoms with E-state index < -0.39 is 0 Å². The van der Waals surface area contributed by atoms with Crippen molar-refractivity contribution >= 4 is 39.5 Å². The number of hydrogen-bond donors (Lipinski definition) is 0. The minimum absolute atomic E-state index is 0.279. The Kier molecular flexibility index (Phi) is 7.28. The lowest BCUT2D eigenvalue weighted by Crippen LogP contribution is -2.02. The van der Waals surface area contributed by atoms with Crippen molar-refractivity contribution in [2.75, 3.05) is 0 Å². The molecule has 0 fully saturated rings. The second-order valence-electron chi connectivity index (χ2n) is 14.0. The van der Waals surface area contributed by atoms with Gasteiger partial charge in [0.2, 0.25) is 0 Å². The number of rotatable bonds is 5. The normalized spacial score (nSPS) is 15.0. The number of furan rings is 1. The van der Waals surface area contributed by atoms with Gasteiger partial charge in [-0.3, -0.25) is 0 Å². The summed E-state index contributed by atoms with van der Waals surface area (Å²) in [6.07, 6.45) is 9.76. The van der Waals surface area contributed by atoms with Gasteiger partial charge in [0.05, 0.1) is 0 Å². The van der Waals surface area contributed by atoms with Gasteiger partial charge in [-0.05, 0) is 76.1 Å². The quantitative estimate of drug-likeness (QED) is 0.183. The maximum absolute atomic E-state index is 6.90. The Morgan fingerprint density at radius 1 is 0.577 bits per heavy atom. The number of benzene rings is 6. The van der Waals surface area contributed by atoms with Crippen LogP contribution in [0.3, 0.4) is 0 Å². The van der Waals surface area contributed by atoms with E-state index in [2.05, 4.69) is 140 Å². The first kappa shape index (κ1) is 30.4. The largest absolute Gasteiger partial charge is 0.459 e. The van der Waals surface area contributed by atoms with Crippen molar-refractivity contribution in [3.05, 3.63) is 168 Å². The Morgan fingerprint density at radius 2 is 1.25 bits per heavy atom. The van der Waals surface area contributed by atoms with E-state index in [1.165, 1.54) is 33.2 Å². The Labute approximate surface area is 302 Å². The minimum Gasteiger partial charge on any atom is -0.459 e. The molecule has 0 radical (unpaired) electrons. The van der Waals surface area contributed by atoms with E-state index in [1.54, 1.807) is 0 Å². The summed E-state index contributed by atoms with van der Waals surface area (Å²) in [5.41, 5.74) is 12.4. The zero-order valence-corrected chi connectivity index (χ0v) is 28.9. The summed E-state index contributed by atoms with van der Waals surface area (Å²) in [7, 11) is 0. The Morgan fingerprint density at radius 3 is 2.08 bits per heavy atom. The summed E-state index contributed by atoms with van der Waals surface area (Å²) in [5, 5.41) is 3.38. The van der Waals surface area contributed by atoms with Gasteiger partial charge in [-0.2, -0.15) is 0 Å². The molecular formula is C48H35N3O. The molecule has 10 rings (SSSR count). The van der Waals surface area contributed by atoms with Crippen LogP contribution in [0.25, 0.3) is 84.8 Å². The Bertz CT molecular complexity index is 2720. The van der Waals surface area contributed by atoms with Crippen LogP contribution >= 0.6 is 0 Å². The number of fused-ring (bicyclic) bond motifs is 5. The van der Waals surface area contributed by atoms with Gasteiger partial charge in [-0.1, -0.05) is 140 Å². The predicted octanol–water partition coefficient (Wildman–Crippen LogP) is 12.4. The van der Waals surface area contributed by atoms with Gasteiger partial charge < -0.3 is 4.42 Å². The molecule has 0 saturated carbocycles. The van der Waals surface area contributed by atoms with Gasteiger partial charge in [0.25, 0.3) is 0 Å². The number of hydrogen-bond acceptors (Lipinski definition) is 4. The molecule has 2 aliphatic carbocycles. The van der Waals surface area contributed by atoms with E-state index in [4.69, 9.17) is 19.4 Å².